The molecule has 0 saturated carbocycles. The molecule has 0 aliphatic heterocycles. The first-order valence-corrected chi connectivity index (χ1v) is 6.16. The van der Waals surface area contributed by atoms with Gasteiger partial charge in [-0.1, -0.05) is 20.3 Å². The highest BCUT2D eigenvalue weighted by Crippen LogP contribution is 2.09. The lowest BCUT2D eigenvalue weighted by Gasteiger charge is -2.10. The molecule has 6 nitrogen and oxygen atoms in total. The molecule has 1 unspecified atom stereocenters. The lowest BCUT2D eigenvalue weighted by Crippen LogP contribution is -2.20. The molecule has 0 fully saturated rings. The third-order valence-electron chi connectivity index (χ3n) is 2.51. The molecule has 1 aromatic heterocycles. The molecule has 0 aliphatic carbocycles. The van der Waals surface area contributed by atoms with Gasteiger partial charge in [-0.2, -0.15) is 0 Å². The molecule has 0 radical (unpaired) electrons. The van der Waals surface area contributed by atoms with Crippen molar-refractivity contribution in [3.63, 3.8) is 0 Å². The Morgan fingerprint density at radius 2 is 2.06 bits per heavy atom. The molecule has 1 aromatic rings. The van der Waals surface area contributed by atoms with Crippen LogP contribution in [-0.4, -0.2) is 34.1 Å². The van der Waals surface area contributed by atoms with E-state index < -0.39 is 11.9 Å². The van der Waals surface area contributed by atoms with Gasteiger partial charge in [0.1, 0.15) is 18.0 Å². The van der Waals surface area contributed by atoms with Crippen LogP contribution >= 0.6 is 0 Å². The van der Waals surface area contributed by atoms with E-state index in [4.69, 9.17) is 5.11 Å². The van der Waals surface area contributed by atoms with E-state index in [9.17, 15) is 4.79 Å². The molecule has 0 aliphatic rings. The summed E-state index contributed by atoms with van der Waals surface area (Å²) in [6, 6.07) is 1.78. The van der Waals surface area contributed by atoms with Gasteiger partial charge in [0.2, 0.25) is 0 Å². The summed E-state index contributed by atoms with van der Waals surface area (Å²) >= 11 is 0. The molecule has 100 valence electrons. The maximum atomic E-state index is 10.7. The average Bonchev–Trinajstić information content (AvgIpc) is 2.36. The van der Waals surface area contributed by atoms with E-state index in [-0.39, 0.29) is 0 Å². The van der Waals surface area contributed by atoms with Gasteiger partial charge < -0.3 is 15.7 Å². The molecule has 0 spiro atoms. The fourth-order valence-corrected chi connectivity index (χ4v) is 1.29. The minimum Gasteiger partial charge on any atom is -0.481 e. The van der Waals surface area contributed by atoms with Gasteiger partial charge >= 0.3 is 5.97 Å². The predicted molar refractivity (Wildman–Crippen MR) is 70.7 cm³/mol. The second-order valence-electron chi connectivity index (χ2n) is 4.19. The average molecular weight is 252 g/mol. The number of rotatable bonds is 8. The molecule has 6 heteroatoms. The zero-order chi connectivity index (χ0) is 13.4. The Balaban J connectivity index is 2.46. The number of carboxylic acid groups (broad SMARTS) is 1. The van der Waals surface area contributed by atoms with Crippen LogP contribution in [0.1, 0.15) is 26.7 Å². The van der Waals surface area contributed by atoms with Crippen molar-refractivity contribution in [2.24, 2.45) is 5.92 Å². The maximum absolute atomic E-state index is 10.7. The van der Waals surface area contributed by atoms with E-state index in [1.807, 2.05) is 0 Å². The van der Waals surface area contributed by atoms with Crippen molar-refractivity contribution in [2.45, 2.75) is 26.7 Å². The van der Waals surface area contributed by atoms with Crippen LogP contribution in [-0.2, 0) is 4.79 Å². The van der Waals surface area contributed by atoms with E-state index in [0.717, 1.165) is 25.2 Å². The highest BCUT2D eigenvalue weighted by molar-refractivity contribution is 5.70. The van der Waals surface area contributed by atoms with Crippen molar-refractivity contribution in [1.82, 2.24) is 9.97 Å². The van der Waals surface area contributed by atoms with E-state index in [2.05, 4.69) is 27.5 Å². The van der Waals surface area contributed by atoms with Gasteiger partial charge in [-0.15, -0.1) is 0 Å². The van der Waals surface area contributed by atoms with Crippen molar-refractivity contribution in [1.29, 1.82) is 0 Å². The quantitative estimate of drug-likeness (QED) is 0.612. The smallest absolute Gasteiger partial charge is 0.308 e. The second-order valence-corrected chi connectivity index (χ2v) is 4.19. The first-order valence-electron chi connectivity index (χ1n) is 6.16. The van der Waals surface area contributed by atoms with Crippen LogP contribution in [0.4, 0.5) is 11.6 Å². The fourth-order valence-electron chi connectivity index (χ4n) is 1.29. The SMILES string of the molecule is CCCCNc1cc(NCC(C)C(=O)O)ncn1. The molecular weight excluding hydrogens is 232 g/mol. The van der Waals surface area contributed by atoms with Crippen molar-refractivity contribution >= 4 is 17.6 Å². The summed E-state index contributed by atoms with van der Waals surface area (Å²) in [5.41, 5.74) is 0. The minimum absolute atomic E-state index is 0.348. The van der Waals surface area contributed by atoms with Crippen molar-refractivity contribution in [3.8, 4) is 0 Å². The van der Waals surface area contributed by atoms with Gasteiger partial charge in [-0.25, -0.2) is 9.97 Å². The van der Waals surface area contributed by atoms with Crippen molar-refractivity contribution in [3.05, 3.63) is 12.4 Å². The number of aliphatic carboxylic acids is 1. The van der Waals surface area contributed by atoms with Gasteiger partial charge in [-0.3, -0.25) is 4.79 Å². The summed E-state index contributed by atoms with van der Waals surface area (Å²) in [4.78, 5) is 18.8. The topological polar surface area (TPSA) is 87.1 Å². The maximum Gasteiger partial charge on any atom is 0.308 e. The number of hydrogen-bond acceptors (Lipinski definition) is 5. The van der Waals surface area contributed by atoms with Gasteiger partial charge in [-0.05, 0) is 6.42 Å². The number of nitrogens with one attached hydrogen (secondary N) is 2. The monoisotopic (exact) mass is 252 g/mol. The first-order chi connectivity index (χ1) is 8.63. The molecule has 0 aromatic carbocycles. The predicted octanol–water partition coefficient (Wildman–Crippen LogP) is 1.82. The Morgan fingerprint density at radius 1 is 1.39 bits per heavy atom. The normalized spacial score (nSPS) is 11.9. The molecule has 0 saturated heterocycles. The first kappa shape index (κ1) is 14.2. The van der Waals surface area contributed by atoms with Crippen LogP contribution in [0.2, 0.25) is 0 Å². The number of carbonyl (C=O) groups is 1. The molecule has 18 heavy (non-hydrogen) atoms. The Kier molecular flexibility index (Phi) is 5.90. The Morgan fingerprint density at radius 3 is 2.67 bits per heavy atom. The van der Waals surface area contributed by atoms with Gasteiger partial charge in [0.15, 0.2) is 0 Å². The van der Waals surface area contributed by atoms with E-state index in [1.54, 1.807) is 13.0 Å². The largest absolute Gasteiger partial charge is 0.481 e. The summed E-state index contributed by atoms with van der Waals surface area (Å²) in [5, 5.41) is 14.9. The van der Waals surface area contributed by atoms with Crippen LogP contribution < -0.4 is 10.6 Å². The van der Waals surface area contributed by atoms with Crippen LogP contribution in [0.5, 0.6) is 0 Å². The van der Waals surface area contributed by atoms with Gasteiger partial charge in [0.05, 0.1) is 5.92 Å². The number of carboxylic acids is 1. The van der Waals surface area contributed by atoms with Crippen LogP contribution in [0, 0.1) is 5.92 Å². The lowest BCUT2D eigenvalue weighted by molar-refractivity contribution is -0.140. The Labute approximate surface area is 107 Å². The summed E-state index contributed by atoms with van der Waals surface area (Å²) in [6.07, 6.45) is 3.67. The summed E-state index contributed by atoms with van der Waals surface area (Å²) in [7, 11) is 0. The number of hydrogen-bond donors (Lipinski definition) is 3. The number of anilines is 2. The fraction of sp³-hybridized carbons (Fsp3) is 0.583. The van der Waals surface area contributed by atoms with Crippen LogP contribution in [0.3, 0.4) is 0 Å². The van der Waals surface area contributed by atoms with E-state index in [1.165, 1.54) is 6.33 Å². The molecule has 0 amide bonds. The van der Waals surface area contributed by atoms with E-state index >= 15 is 0 Å². The third kappa shape index (κ3) is 4.99. The number of aromatic nitrogens is 2. The highest BCUT2D eigenvalue weighted by Gasteiger charge is 2.10. The van der Waals surface area contributed by atoms with Gasteiger partial charge in [0.25, 0.3) is 0 Å². The summed E-state index contributed by atoms with van der Waals surface area (Å²) in [5.74, 6) is 0.121. The molecule has 1 heterocycles. The molecule has 1 rings (SSSR count). The second kappa shape index (κ2) is 7.47. The summed E-state index contributed by atoms with van der Waals surface area (Å²) in [6.45, 7) is 5.00. The molecule has 3 N–H and O–H groups in total. The van der Waals surface area contributed by atoms with Crippen LogP contribution in [0.15, 0.2) is 12.4 Å². The third-order valence-corrected chi connectivity index (χ3v) is 2.51. The Hall–Kier alpha value is -1.85. The Bertz CT molecular complexity index is 384. The van der Waals surface area contributed by atoms with Crippen molar-refractivity contribution < 1.29 is 9.90 Å². The molecule has 1 atom stereocenters. The van der Waals surface area contributed by atoms with Crippen LogP contribution in [0.25, 0.3) is 0 Å². The zero-order valence-electron chi connectivity index (χ0n) is 10.8. The number of nitrogens with zero attached hydrogens (tertiary/aromatic N) is 2. The molecule has 0 bridgehead atoms. The lowest BCUT2D eigenvalue weighted by atomic mass is 10.2. The van der Waals surface area contributed by atoms with Gasteiger partial charge in [0, 0.05) is 19.2 Å². The van der Waals surface area contributed by atoms with E-state index in [0.29, 0.717) is 12.4 Å². The standard InChI is InChI=1S/C12H20N4O2/c1-3-4-5-13-10-6-11(16-8-15-10)14-7-9(2)12(17)18/h6,8-9H,3-5,7H2,1-2H3,(H,17,18)(H2,13,14,15,16). The minimum atomic E-state index is -0.821. The highest BCUT2D eigenvalue weighted by atomic mass is 16.4. The molecular formula is C12H20N4O2. The zero-order valence-corrected chi connectivity index (χ0v) is 10.8. The summed E-state index contributed by atoms with van der Waals surface area (Å²) < 4.78 is 0. The van der Waals surface area contributed by atoms with Crippen molar-refractivity contribution in [2.75, 3.05) is 23.7 Å². The number of unbranched alkanes of at least 4 members (excludes halogenated alkanes) is 1.